The van der Waals surface area contributed by atoms with Gasteiger partial charge in [0, 0.05) is 25.0 Å². The first-order chi connectivity index (χ1) is 12.6. The van der Waals surface area contributed by atoms with Gasteiger partial charge in [-0.3, -0.25) is 4.90 Å². The molecule has 0 spiro atoms. The Morgan fingerprint density at radius 2 is 2.07 bits per heavy atom. The van der Waals surface area contributed by atoms with Crippen LogP contribution in [0.4, 0.5) is 13.2 Å². The molecule has 1 fully saturated rings. The third-order valence-electron chi connectivity index (χ3n) is 4.34. The highest BCUT2D eigenvalue weighted by Crippen LogP contribution is 2.23. The fraction of sp³-hybridized carbons (Fsp3) is 0.778. The smallest absolute Gasteiger partial charge is 0.401 e. The van der Waals surface area contributed by atoms with Gasteiger partial charge in [0.1, 0.15) is 12.3 Å². The van der Waals surface area contributed by atoms with Crippen LogP contribution in [0, 0.1) is 5.92 Å². The Morgan fingerprint density at radius 3 is 2.67 bits per heavy atom. The SMILES string of the molecule is CCNC(=NCc1ncc(C(C)(C)C)o1)NCC1CCN(CC(F)(F)F)C1. The van der Waals surface area contributed by atoms with Gasteiger partial charge in [-0.25, -0.2) is 9.98 Å². The second-order valence-corrected chi connectivity index (χ2v) is 7.95. The fourth-order valence-electron chi connectivity index (χ4n) is 2.94. The average molecular weight is 389 g/mol. The van der Waals surface area contributed by atoms with Gasteiger partial charge in [-0.2, -0.15) is 13.2 Å². The molecular formula is C18H30F3N5O. The van der Waals surface area contributed by atoms with E-state index < -0.39 is 12.7 Å². The first-order valence-electron chi connectivity index (χ1n) is 9.33. The van der Waals surface area contributed by atoms with Crippen molar-refractivity contribution in [2.75, 3.05) is 32.7 Å². The van der Waals surface area contributed by atoms with E-state index in [4.69, 9.17) is 4.42 Å². The Labute approximate surface area is 158 Å². The highest BCUT2D eigenvalue weighted by atomic mass is 19.4. The molecule has 0 aromatic carbocycles. The third-order valence-corrected chi connectivity index (χ3v) is 4.34. The molecule has 2 heterocycles. The van der Waals surface area contributed by atoms with Crippen LogP contribution in [-0.2, 0) is 12.0 Å². The summed E-state index contributed by atoms with van der Waals surface area (Å²) in [6.07, 6.45) is -1.67. The second kappa shape index (κ2) is 8.95. The lowest BCUT2D eigenvalue weighted by Crippen LogP contribution is -2.40. The minimum atomic E-state index is -4.14. The van der Waals surface area contributed by atoms with Crippen molar-refractivity contribution in [3.05, 3.63) is 17.8 Å². The number of oxazole rings is 1. The van der Waals surface area contributed by atoms with Gasteiger partial charge in [0.05, 0.1) is 12.7 Å². The Morgan fingerprint density at radius 1 is 1.33 bits per heavy atom. The number of likely N-dealkylation sites (tertiary alicyclic amines) is 1. The van der Waals surface area contributed by atoms with E-state index in [-0.39, 0.29) is 11.3 Å². The van der Waals surface area contributed by atoms with Gasteiger partial charge in [0.2, 0.25) is 5.89 Å². The maximum atomic E-state index is 12.5. The molecule has 1 atom stereocenters. The van der Waals surface area contributed by atoms with Gasteiger partial charge in [-0.15, -0.1) is 0 Å². The average Bonchev–Trinajstić information content (AvgIpc) is 3.17. The van der Waals surface area contributed by atoms with Crippen molar-refractivity contribution in [3.8, 4) is 0 Å². The molecule has 2 N–H and O–H groups in total. The van der Waals surface area contributed by atoms with Gasteiger partial charge in [-0.1, -0.05) is 20.8 Å². The van der Waals surface area contributed by atoms with Gasteiger partial charge >= 0.3 is 6.18 Å². The molecule has 6 nitrogen and oxygen atoms in total. The number of hydrogen-bond donors (Lipinski definition) is 2. The largest absolute Gasteiger partial charge is 0.443 e. The van der Waals surface area contributed by atoms with Crippen molar-refractivity contribution in [1.29, 1.82) is 0 Å². The van der Waals surface area contributed by atoms with Crippen LogP contribution in [-0.4, -0.2) is 54.7 Å². The summed E-state index contributed by atoms with van der Waals surface area (Å²) in [7, 11) is 0. The lowest BCUT2D eigenvalue weighted by atomic mass is 9.94. The van der Waals surface area contributed by atoms with Crippen LogP contribution in [0.5, 0.6) is 0 Å². The van der Waals surface area contributed by atoms with Crippen molar-refractivity contribution < 1.29 is 17.6 Å². The first kappa shape index (κ1) is 21.5. The molecule has 0 bridgehead atoms. The monoisotopic (exact) mass is 389 g/mol. The summed E-state index contributed by atoms with van der Waals surface area (Å²) >= 11 is 0. The molecule has 27 heavy (non-hydrogen) atoms. The molecule has 1 aromatic rings. The fourth-order valence-corrected chi connectivity index (χ4v) is 2.94. The number of hydrogen-bond acceptors (Lipinski definition) is 4. The normalized spacial score (nSPS) is 19.5. The summed E-state index contributed by atoms with van der Waals surface area (Å²) < 4.78 is 43.2. The molecule has 0 aliphatic carbocycles. The zero-order valence-corrected chi connectivity index (χ0v) is 16.5. The Balaban J connectivity index is 1.84. The predicted octanol–water partition coefficient (Wildman–Crippen LogP) is 2.91. The number of nitrogens with one attached hydrogen (secondary N) is 2. The Hall–Kier alpha value is -1.77. The number of nitrogens with zero attached hydrogens (tertiary/aromatic N) is 3. The molecule has 0 amide bonds. The van der Waals surface area contributed by atoms with Crippen LogP contribution in [0.15, 0.2) is 15.6 Å². The number of guanidine groups is 1. The molecule has 0 radical (unpaired) electrons. The summed E-state index contributed by atoms with van der Waals surface area (Å²) in [5.41, 5.74) is -0.109. The van der Waals surface area contributed by atoms with Gasteiger partial charge < -0.3 is 15.1 Å². The third kappa shape index (κ3) is 7.40. The summed E-state index contributed by atoms with van der Waals surface area (Å²) in [5, 5.41) is 6.35. The van der Waals surface area contributed by atoms with Crippen molar-refractivity contribution >= 4 is 5.96 Å². The highest BCUT2D eigenvalue weighted by Gasteiger charge is 2.34. The summed E-state index contributed by atoms with van der Waals surface area (Å²) in [6.45, 7) is 9.77. The summed E-state index contributed by atoms with van der Waals surface area (Å²) in [6, 6.07) is 0. The van der Waals surface area contributed by atoms with E-state index in [0.717, 1.165) is 12.2 Å². The van der Waals surface area contributed by atoms with Crippen LogP contribution in [0.25, 0.3) is 0 Å². The number of alkyl halides is 3. The van der Waals surface area contributed by atoms with Crippen molar-refractivity contribution in [1.82, 2.24) is 20.5 Å². The number of rotatable bonds is 6. The maximum absolute atomic E-state index is 12.5. The van der Waals surface area contributed by atoms with E-state index in [9.17, 15) is 13.2 Å². The molecular weight excluding hydrogens is 359 g/mol. The van der Waals surface area contributed by atoms with Crippen LogP contribution in [0.1, 0.15) is 45.8 Å². The topological polar surface area (TPSA) is 65.7 Å². The molecule has 1 unspecified atom stereocenters. The van der Waals surface area contributed by atoms with Gasteiger partial charge in [0.15, 0.2) is 5.96 Å². The van der Waals surface area contributed by atoms with Crippen molar-refractivity contribution in [2.24, 2.45) is 10.9 Å². The standard InChI is InChI=1S/C18H30F3N5O/c1-5-22-16(25-10-15-23-9-14(27-15)17(2,3)4)24-8-13-6-7-26(11-13)12-18(19,20)21/h9,13H,5-8,10-12H2,1-4H3,(H2,22,24,25). The van der Waals surface area contributed by atoms with Crippen molar-refractivity contribution in [2.45, 2.75) is 52.3 Å². The van der Waals surface area contributed by atoms with Crippen LogP contribution >= 0.6 is 0 Å². The molecule has 1 aliphatic rings. The summed E-state index contributed by atoms with van der Waals surface area (Å²) in [5.74, 6) is 2.13. The Kier molecular flexibility index (Phi) is 7.13. The summed E-state index contributed by atoms with van der Waals surface area (Å²) in [4.78, 5) is 10.2. The molecule has 0 saturated carbocycles. The zero-order chi connectivity index (χ0) is 20.1. The Bertz CT molecular complexity index is 621. The lowest BCUT2D eigenvalue weighted by Gasteiger charge is -2.18. The molecule has 9 heteroatoms. The van der Waals surface area contributed by atoms with Crippen LogP contribution in [0.2, 0.25) is 0 Å². The van der Waals surface area contributed by atoms with E-state index in [2.05, 4.69) is 41.4 Å². The maximum Gasteiger partial charge on any atom is 0.401 e. The molecule has 2 rings (SSSR count). The van der Waals surface area contributed by atoms with E-state index in [1.54, 1.807) is 6.20 Å². The minimum absolute atomic E-state index is 0.109. The van der Waals surface area contributed by atoms with Crippen molar-refractivity contribution in [3.63, 3.8) is 0 Å². The first-order valence-corrected chi connectivity index (χ1v) is 9.33. The number of aliphatic imine (C=N–C) groups is 1. The predicted molar refractivity (Wildman–Crippen MR) is 98.6 cm³/mol. The van der Waals surface area contributed by atoms with Crippen LogP contribution in [0.3, 0.4) is 0 Å². The van der Waals surface area contributed by atoms with E-state index >= 15 is 0 Å². The molecule has 1 aromatic heterocycles. The molecule has 1 aliphatic heterocycles. The van der Waals surface area contributed by atoms with Gasteiger partial charge in [-0.05, 0) is 25.8 Å². The van der Waals surface area contributed by atoms with E-state index in [1.807, 2.05) is 6.92 Å². The zero-order valence-electron chi connectivity index (χ0n) is 16.5. The van der Waals surface area contributed by atoms with Gasteiger partial charge in [0.25, 0.3) is 0 Å². The van der Waals surface area contributed by atoms with Crippen LogP contribution < -0.4 is 10.6 Å². The minimum Gasteiger partial charge on any atom is -0.443 e. The highest BCUT2D eigenvalue weighted by molar-refractivity contribution is 5.79. The molecule has 154 valence electrons. The van der Waals surface area contributed by atoms with E-state index in [1.165, 1.54) is 4.90 Å². The number of halogens is 3. The lowest BCUT2D eigenvalue weighted by molar-refractivity contribution is -0.143. The molecule has 1 saturated heterocycles. The second-order valence-electron chi connectivity index (χ2n) is 7.95. The quantitative estimate of drug-likeness (QED) is 0.579. The number of aromatic nitrogens is 1. The van der Waals surface area contributed by atoms with E-state index in [0.29, 0.717) is 44.6 Å².